The zero-order valence-electron chi connectivity index (χ0n) is 16.8. The molecule has 29 heavy (non-hydrogen) atoms. The number of nitrogens with zero attached hydrogens (tertiary/aromatic N) is 1. The summed E-state index contributed by atoms with van der Waals surface area (Å²) in [7, 11) is 1.29. The molecule has 4 N–H and O–H groups in total. The van der Waals surface area contributed by atoms with E-state index >= 15 is 0 Å². The molecule has 1 aromatic carbocycles. The Bertz CT molecular complexity index is 886. The Morgan fingerprint density at radius 1 is 1.28 bits per heavy atom. The second-order valence-electron chi connectivity index (χ2n) is 7.52. The van der Waals surface area contributed by atoms with E-state index in [0.717, 1.165) is 16.5 Å². The highest BCUT2D eigenvalue weighted by Crippen LogP contribution is 2.21. The Balaban J connectivity index is 1.51. The molecule has 0 spiro atoms. The van der Waals surface area contributed by atoms with Crippen LogP contribution in [0, 0.1) is 5.92 Å². The van der Waals surface area contributed by atoms with Gasteiger partial charge in [-0.1, -0.05) is 18.2 Å². The number of rotatable bonds is 6. The summed E-state index contributed by atoms with van der Waals surface area (Å²) >= 11 is 0. The van der Waals surface area contributed by atoms with Crippen molar-refractivity contribution in [3.8, 4) is 0 Å². The number of likely N-dealkylation sites (tertiary alicyclic amines) is 1. The summed E-state index contributed by atoms with van der Waals surface area (Å²) in [5.74, 6) is -0.986. The summed E-state index contributed by atoms with van der Waals surface area (Å²) in [5, 5.41) is 3.74. The molecule has 2 atom stereocenters. The minimum atomic E-state index is -0.684. The number of nitrogens with two attached hydrogens (primary N) is 1. The minimum absolute atomic E-state index is 0.0999. The van der Waals surface area contributed by atoms with E-state index < -0.39 is 18.1 Å². The predicted molar refractivity (Wildman–Crippen MR) is 109 cm³/mol. The summed E-state index contributed by atoms with van der Waals surface area (Å²) < 4.78 is 4.62. The molecule has 156 valence electrons. The lowest BCUT2D eigenvalue weighted by atomic mass is 9.94. The van der Waals surface area contributed by atoms with E-state index in [2.05, 4.69) is 15.0 Å². The maximum atomic E-state index is 12.8. The SMILES string of the molecule is COC(=O)[C@H](C)NC(=O)C1CCN(C(=O)[C@@H](N)Cc2c[nH]c3ccccc23)CC1. The molecule has 2 aromatic rings. The third kappa shape index (κ3) is 4.76. The second kappa shape index (κ2) is 9.09. The summed E-state index contributed by atoms with van der Waals surface area (Å²) in [6.07, 6.45) is 3.45. The van der Waals surface area contributed by atoms with Crippen molar-refractivity contribution in [3.05, 3.63) is 36.0 Å². The van der Waals surface area contributed by atoms with E-state index in [1.165, 1.54) is 7.11 Å². The van der Waals surface area contributed by atoms with Gasteiger partial charge in [0, 0.05) is 36.1 Å². The van der Waals surface area contributed by atoms with Crippen LogP contribution in [-0.2, 0) is 25.5 Å². The third-order valence-electron chi connectivity index (χ3n) is 5.52. The van der Waals surface area contributed by atoms with Gasteiger partial charge < -0.3 is 25.7 Å². The number of carbonyl (C=O) groups excluding carboxylic acids is 3. The number of para-hydroxylation sites is 1. The van der Waals surface area contributed by atoms with Crippen LogP contribution in [-0.4, -0.2) is 60.0 Å². The quantitative estimate of drug-likeness (QED) is 0.624. The number of hydrogen-bond acceptors (Lipinski definition) is 5. The van der Waals surface area contributed by atoms with E-state index in [4.69, 9.17) is 5.73 Å². The van der Waals surface area contributed by atoms with Crippen molar-refractivity contribution in [2.45, 2.75) is 38.3 Å². The van der Waals surface area contributed by atoms with Gasteiger partial charge in [-0.2, -0.15) is 0 Å². The number of esters is 1. The molecule has 1 aliphatic heterocycles. The molecule has 3 rings (SSSR count). The number of carbonyl (C=O) groups is 3. The molecule has 1 aromatic heterocycles. The normalized spacial score (nSPS) is 17.0. The monoisotopic (exact) mass is 400 g/mol. The average molecular weight is 400 g/mol. The molecule has 8 heteroatoms. The average Bonchev–Trinajstić information content (AvgIpc) is 3.15. The van der Waals surface area contributed by atoms with Gasteiger partial charge in [0.2, 0.25) is 11.8 Å². The molecule has 0 bridgehead atoms. The molecular formula is C21H28N4O4. The fourth-order valence-electron chi connectivity index (χ4n) is 3.79. The first-order valence-corrected chi connectivity index (χ1v) is 9.88. The van der Waals surface area contributed by atoms with Crippen LogP contribution < -0.4 is 11.1 Å². The van der Waals surface area contributed by atoms with Gasteiger partial charge in [0.05, 0.1) is 13.2 Å². The molecule has 0 saturated carbocycles. The van der Waals surface area contributed by atoms with Gasteiger partial charge >= 0.3 is 5.97 Å². The molecule has 0 aliphatic carbocycles. The fraction of sp³-hybridized carbons (Fsp3) is 0.476. The van der Waals surface area contributed by atoms with Crippen LogP contribution in [0.25, 0.3) is 10.9 Å². The smallest absolute Gasteiger partial charge is 0.328 e. The molecular weight excluding hydrogens is 372 g/mol. The fourth-order valence-corrected chi connectivity index (χ4v) is 3.79. The van der Waals surface area contributed by atoms with Crippen LogP contribution in [0.1, 0.15) is 25.3 Å². The second-order valence-corrected chi connectivity index (χ2v) is 7.52. The molecule has 1 saturated heterocycles. The summed E-state index contributed by atoms with van der Waals surface area (Å²) in [4.78, 5) is 41.5. The topological polar surface area (TPSA) is 118 Å². The Hall–Kier alpha value is -2.87. The van der Waals surface area contributed by atoms with Gasteiger partial charge in [0.25, 0.3) is 0 Å². The first kappa shape index (κ1) is 20.9. The van der Waals surface area contributed by atoms with Gasteiger partial charge in [-0.25, -0.2) is 4.79 Å². The lowest BCUT2D eigenvalue weighted by Crippen LogP contribution is -2.50. The number of aromatic nitrogens is 1. The van der Waals surface area contributed by atoms with Crippen LogP contribution in [0.3, 0.4) is 0 Å². The van der Waals surface area contributed by atoms with Gasteiger partial charge in [-0.3, -0.25) is 9.59 Å². The minimum Gasteiger partial charge on any atom is -0.467 e. The van der Waals surface area contributed by atoms with Crippen molar-refractivity contribution >= 4 is 28.7 Å². The number of hydrogen-bond donors (Lipinski definition) is 3. The van der Waals surface area contributed by atoms with Gasteiger partial charge in [-0.15, -0.1) is 0 Å². The number of fused-ring (bicyclic) bond motifs is 1. The Morgan fingerprint density at radius 3 is 2.66 bits per heavy atom. The van der Waals surface area contributed by atoms with Crippen molar-refractivity contribution in [2.24, 2.45) is 11.7 Å². The van der Waals surface area contributed by atoms with Crippen molar-refractivity contribution < 1.29 is 19.1 Å². The van der Waals surface area contributed by atoms with Gasteiger partial charge in [0.1, 0.15) is 6.04 Å². The van der Waals surface area contributed by atoms with Crippen LogP contribution in [0.4, 0.5) is 0 Å². The van der Waals surface area contributed by atoms with Crippen molar-refractivity contribution in [2.75, 3.05) is 20.2 Å². The predicted octanol–water partition coefficient (Wildman–Crippen LogP) is 0.954. The lowest BCUT2D eigenvalue weighted by Gasteiger charge is -2.33. The molecule has 0 radical (unpaired) electrons. The third-order valence-corrected chi connectivity index (χ3v) is 5.52. The van der Waals surface area contributed by atoms with Crippen molar-refractivity contribution in [3.63, 3.8) is 0 Å². The molecule has 1 fully saturated rings. The van der Waals surface area contributed by atoms with Crippen LogP contribution in [0.5, 0.6) is 0 Å². The molecule has 2 heterocycles. The van der Waals surface area contributed by atoms with E-state index in [1.54, 1.807) is 11.8 Å². The Morgan fingerprint density at radius 2 is 1.97 bits per heavy atom. The largest absolute Gasteiger partial charge is 0.467 e. The van der Waals surface area contributed by atoms with Crippen molar-refractivity contribution in [1.29, 1.82) is 0 Å². The number of methoxy groups -OCH3 is 1. The van der Waals surface area contributed by atoms with Crippen LogP contribution in [0.15, 0.2) is 30.5 Å². The molecule has 0 unspecified atom stereocenters. The maximum absolute atomic E-state index is 12.8. The van der Waals surface area contributed by atoms with E-state index in [1.807, 2.05) is 30.5 Å². The number of piperidine rings is 1. The number of ether oxygens (including phenoxy) is 1. The first-order valence-electron chi connectivity index (χ1n) is 9.88. The van der Waals surface area contributed by atoms with E-state index in [-0.39, 0.29) is 17.7 Å². The molecule has 1 aliphatic rings. The van der Waals surface area contributed by atoms with Crippen LogP contribution in [0.2, 0.25) is 0 Å². The zero-order valence-corrected chi connectivity index (χ0v) is 16.8. The van der Waals surface area contributed by atoms with E-state index in [0.29, 0.717) is 32.4 Å². The number of amides is 2. The Kier molecular flexibility index (Phi) is 6.53. The lowest BCUT2D eigenvalue weighted by molar-refractivity contribution is -0.145. The maximum Gasteiger partial charge on any atom is 0.328 e. The van der Waals surface area contributed by atoms with Gasteiger partial charge in [-0.05, 0) is 37.8 Å². The highest BCUT2D eigenvalue weighted by Gasteiger charge is 2.31. The standard InChI is InChI=1S/C21H28N4O4/c1-13(21(28)29-2)24-19(26)14-7-9-25(10-8-14)20(27)17(22)11-15-12-23-18-6-4-3-5-16(15)18/h3-6,12-14,17,23H,7-11,22H2,1-2H3,(H,24,26)/t13-,17-/m0/s1. The van der Waals surface area contributed by atoms with Gasteiger partial charge in [0.15, 0.2) is 0 Å². The summed E-state index contributed by atoms with van der Waals surface area (Å²) in [6.45, 7) is 2.54. The van der Waals surface area contributed by atoms with Crippen molar-refractivity contribution in [1.82, 2.24) is 15.2 Å². The molecule has 2 amide bonds. The highest BCUT2D eigenvalue weighted by atomic mass is 16.5. The van der Waals surface area contributed by atoms with Crippen LogP contribution >= 0.6 is 0 Å². The Labute approximate surface area is 169 Å². The first-order chi connectivity index (χ1) is 13.9. The van der Waals surface area contributed by atoms with E-state index in [9.17, 15) is 14.4 Å². The number of nitrogens with one attached hydrogen (secondary N) is 2. The number of H-pyrrole nitrogens is 1. The number of benzene rings is 1. The zero-order chi connectivity index (χ0) is 21.0. The number of aromatic amines is 1. The highest BCUT2D eigenvalue weighted by molar-refractivity contribution is 5.87. The molecule has 8 nitrogen and oxygen atoms in total. The summed E-state index contributed by atoms with van der Waals surface area (Å²) in [6, 6.07) is 6.61. The summed E-state index contributed by atoms with van der Waals surface area (Å²) in [5.41, 5.74) is 8.25.